The number of hydrogen-bond acceptors (Lipinski definition) is 6. The van der Waals surface area contributed by atoms with Gasteiger partial charge in [0.05, 0.1) is 5.52 Å². The van der Waals surface area contributed by atoms with Crippen molar-refractivity contribution < 1.29 is 0 Å². The first-order valence-corrected chi connectivity index (χ1v) is 10.9. The topological polar surface area (TPSA) is 80.3 Å². The smallest absolute Gasteiger partial charge is 0.283 e. The number of aryl methyl sites for hydroxylation is 1. The van der Waals surface area contributed by atoms with Gasteiger partial charge >= 0.3 is 0 Å². The first-order valence-electron chi connectivity index (χ1n) is 10.9. The normalized spacial score (nSPS) is 14.3. The number of nitrogens with one attached hydrogen (secondary N) is 1. The number of likely N-dealkylation sites (N-methyl/N-ethyl adjacent to an activating group) is 1. The molecule has 6 rings (SSSR count). The van der Waals surface area contributed by atoms with Gasteiger partial charge in [0.2, 0.25) is 5.95 Å². The van der Waals surface area contributed by atoms with Gasteiger partial charge in [-0.1, -0.05) is 18.2 Å². The van der Waals surface area contributed by atoms with E-state index in [1.54, 1.807) is 10.7 Å². The fraction of sp³-hybridized carbons (Fsp3) is 0.250. The Balaban J connectivity index is 1.46. The molecule has 4 heterocycles. The number of nitrogens with zero attached hydrogens (tertiary/aromatic N) is 6. The number of aromatic nitrogens is 5. The Morgan fingerprint density at radius 3 is 2.81 bits per heavy atom. The van der Waals surface area contributed by atoms with Crippen molar-refractivity contribution >= 4 is 39.2 Å². The lowest BCUT2D eigenvalue weighted by Crippen LogP contribution is -2.26. The third kappa shape index (κ3) is 2.87. The highest BCUT2D eigenvalue weighted by atomic mass is 16.1. The van der Waals surface area contributed by atoms with Gasteiger partial charge in [0, 0.05) is 36.9 Å². The van der Waals surface area contributed by atoms with Crippen LogP contribution in [-0.2, 0) is 19.5 Å². The number of benzene rings is 2. The van der Waals surface area contributed by atoms with E-state index in [2.05, 4.69) is 39.4 Å². The Labute approximate surface area is 184 Å². The van der Waals surface area contributed by atoms with E-state index in [9.17, 15) is 4.79 Å². The number of fused-ring (bicyclic) bond motifs is 5. The van der Waals surface area contributed by atoms with Crippen LogP contribution in [0.3, 0.4) is 0 Å². The van der Waals surface area contributed by atoms with Gasteiger partial charge in [-0.2, -0.15) is 9.50 Å². The van der Waals surface area contributed by atoms with Crippen LogP contribution < -0.4 is 10.9 Å². The van der Waals surface area contributed by atoms with E-state index in [1.165, 1.54) is 11.1 Å². The standard InChI is InChI=1S/C24H23N7O/c1-3-30-20-7-5-4-6-18(20)22-27-21-19(23(32)31(22)30)13-25-24(28-21)26-17-9-8-16-14-29(2)11-10-15(16)12-17/h4-9,12-13H,3,10-11,14H2,1-2H3,(H,25,26,28). The molecule has 0 amide bonds. The van der Waals surface area contributed by atoms with Gasteiger partial charge in [0.15, 0.2) is 11.3 Å². The van der Waals surface area contributed by atoms with Crippen molar-refractivity contribution in [2.24, 2.45) is 0 Å². The maximum atomic E-state index is 13.3. The summed E-state index contributed by atoms with van der Waals surface area (Å²) in [6.07, 6.45) is 2.59. The van der Waals surface area contributed by atoms with Gasteiger partial charge in [-0.3, -0.25) is 9.48 Å². The zero-order chi connectivity index (χ0) is 21.8. The average Bonchev–Trinajstić information content (AvgIpc) is 3.13. The minimum absolute atomic E-state index is 0.160. The highest BCUT2D eigenvalue weighted by molar-refractivity contribution is 5.94. The van der Waals surface area contributed by atoms with Crippen molar-refractivity contribution in [2.75, 3.05) is 18.9 Å². The molecule has 160 valence electrons. The van der Waals surface area contributed by atoms with E-state index in [1.807, 2.05) is 41.9 Å². The molecule has 0 saturated heterocycles. The molecule has 0 saturated carbocycles. The Morgan fingerprint density at radius 1 is 1.06 bits per heavy atom. The predicted molar refractivity (Wildman–Crippen MR) is 125 cm³/mol. The molecular formula is C24H23N7O. The molecule has 8 nitrogen and oxygen atoms in total. The summed E-state index contributed by atoms with van der Waals surface area (Å²) in [6.45, 7) is 4.70. The van der Waals surface area contributed by atoms with E-state index in [0.717, 1.165) is 36.1 Å². The number of hydrogen-bond donors (Lipinski definition) is 1. The van der Waals surface area contributed by atoms with Crippen LogP contribution in [-0.4, -0.2) is 42.6 Å². The molecule has 32 heavy (non-hydrogen) atoms. The second-order valence-electron chi connectivity index (χ2n) is 8.31. The van der Waals surface area contributed by atoms with Crippen LogP contribution in [0, 0.1) is 0 Å². The quantitative estimate of drug-likeness (QED) is 0.478. The third-order valence-electron chi connectivity index (χ3n) is 6.23. The fourth-order valence-electron chi connectivity index (χ4n) is 4.63. The van der Waals surface area contributed by atoms with Gasteiger partial charge in [0.1, 0.15) is 5.39 Å². The lowest BCUT2D eigenvalue weighted by molar-refractivity contribution is 0.313. The van der Waals surface area contributed by atoms with Crippen molar-refractivity contribution in [3.05, 3.63) is 70.1 Å². The van der Waals surface area contributed by atoms with Crippen LogP contribution in [0.15, 0.2) is 53.5 Å². The molecule has 2 aromatic carbocycles. The lowest BCUT2D eigenvalue weighted by Gasteiger charge is -2.25. The van der Waals surface area contributed by atoms with Crippen LogP contribution in [0.25, 0.3) is 27.6 Å². The molecule has 1 aliphatic rings. The largest absolute Gasteiger partial charge is 0.324 e. The molecule has 0 unspecified atom stereocenters. The molecule has 0 atom stereocenters. The maximum absolute atomic E-state index is 13.3. The second kappa shape index (κ2) is 7.13. The van der Waals surface area contributed by atoms with E-state index in [0.29, 0.717) is 29.2 Å². The summed E-state index contributed by atoms with van der Waals surface area (Å²) in [5.74, 6) is 0.431. The molecule has 0 spiro atoms. The molecule has 0 bridgehead atoms. The first kappa shape index (κ1) is 18.9. The predicted octanol–water partition coefficient (Wildman–Crippen LogP) is 3.34. The Hall–Kier alpha value is -3.78. The van der Waals surface area contributed by atoms with Crippen molar-refractivity contribution in [3.8, 4) is 0 Å². The number of anilines is 2. The van der Waals surface area contributed by atoms with Gasteiger partial charge in [-0.05, 0) is 55.8 Å². The molecule has 0 radical (unpaired) electrons. The highest BCUT2D eigenvalue weighted by Crippen LogP contribution is 2.24. The van der Waals surface area contributed by atoms with E-state index in [-0.39, 0.29) is 5.56 Å². The molecule has 5 aromatic rings. The summed E-state index contributed by atoms with van der Waals surface area (Å²) in [7, 11) is 2.14. The second-order valence-corrected chi connectivity index (χ2v) is 8.31. The maximum Gasteiger partial charge on any atom is 0.283 e. The van der Waals surface area contributed by atoms with Crippen LogP contribution in [0.2, 0.25) is 0 Å². The first-order chi connectivity index (χ1) is 15.6. The van der Waals surface area contributed by atoms with Crippen LogP contribution in [0.5, 0.6) is 0 Å². The minimum atomic E-state index is -0.160. The summed E-state index contributed by atoms with van der Waals surface area (Å²) < 4.78 is 3.57. The lowest BCUT2D eigenvalue weighted by atomic mass is 9.99. The monoisotopic (exact) mass is 425 g/mol. The van der Waals surface area contributed by atoms with Crippen LogP contribution in [0.4, 0.5) is 11.6 Å². The van der Waals surface area contributed by atoms with Gasteiger partial charge in [0.25, 0.3) is 5.56 Å². The van der Waals surface area contributed by atoms with E-state index >= 15 is 0 Å². The van der Waals surface area contributed by atoms with Crippen molar-refractivity contribution in [3.63, 3.8) is 0 Å². The van der Waals surface area contributed by atoms with Crippen molar-refractivity contribution in [2.45, 2.75) is 26.4 Å². The summed E-state index contributed by atoms with van der Waals surface area (Å²) >= 11 is 0. The van der Waals surface area contributed by atoms with Crippen LogP contribution in [0.1, 0.15) is 18.1 Å². The van der Waals surface area contributed by atoms with Crippen molar-refractivity contribution in [1.82, 2.24) is 29.0 Å². The van der Waals surface area contributed by atoms with Crippen molar-refractivity contribution in [1.29, 1.82) is 0 Å². The average molecular weight is 425 g/mol. The molecule has 1 aliphatic heterocycles. The zero-order valence-electron chi connectivity index (χ0n) is 18.0. The molecule has 3 aromatic heterocycles. The third-order valence-corrected chi connectivity index (χ3v) is 6.23. The molecule has 0 aliphatic carbocycles. The molecule has 0 fully saturated rings. The van der Waals surface area contributed by atoms with Crippen LogP contribution >= 0.6 is 0 Å². The van der Waals surface area contributed by atoms with Gasteiger partial charge in [-0.25, -0.2) is 9.97 Å². The zero-order valence-corrected chi connectivity index (χ0v) is 18.0. The van der Waals surface area contributed by atoms with Gasteiger partial charge < -0.3 is 10.2 Å². The Kier molecular flexibility index (Phi) is 4.22. The Morgan fingerprint density at radius 2 is 1.94 bits per heavy atom. The fourth-order valence-corrected chi connectivity index (χ4v) is 4.63. The SMILES string of the molecule is CCn1c2ccccc2c2nc3nc(Nc4ccc5c(c4)CCN(C)C5)ncc3c(=O)n21. The van der Waals surface area contributed by atoms with E-state index < -0.39 is 0 Å². The molecule has 1 N–H and O–H groups in total. The summed E-state index contributed by atoms with van der Waals surface area (Å²) in [6, 6.07) is 14.3. The number of para-hydroxylation sites is 1. The summed E-state index contributed by atoms with van der Waals surface area (Å²) in [5.41, 5.74) is 5.46. The highest BCUT2D eigenvalue weighted by Gasteiger charge is 2.17. The molecular weight excluding hydrogens is 402 g/mol. The minimum Gasteiger partial charge on any atom is -0.324 e. The number of rotatable bonds is 3. The Bertz CT molecular complexity index is 1570. The van der Waals surface area contributed by atoms with Gasteiger partial charge in [-0.15, -0.1) is 0 Å². The summed E-state index contributed by atoms with van der Waals surface area (Å²) in [4.78, 5) is 29.4. The molecule has 8 heteroatoms. The van der Waals surface area contributed by atoms with E-state index in [4.69, 9.17) is 4.98 Å². The summed E-state index contributed by atoms with van der Waals surface area (Å²) in [5, 5.41) is 4.62.